The fourth-order valence-electron chi connectivity index (χ4n) is 3.43. The maximum absolute atomic E-state index is 13.5. The van der Waals surface area contributed by atoms with Gasteiger partial charge in [0, 0.05) is 29.5 Å². The molecule has 0 spiro atoms. The lowest BCUT2D eigenvalue weighted by Crippen LogP contribution is -2.45. The molecule has 1 amide bonds. The number of methoxy groups -OCH3 is 4. The van der Waals surface area contributed by atoms with Crippen LogP contribution in [0.2, 0.25) is 5.02 Å². The summed E-state index contributed by atoms with van der Waals surface area (Å²) >= 11 is 11.5. The number of ether oxygens (including phenoxy) is 4. The molecule has 1 aliphatic rings. The maximum Gasteiger partial charge on any atom is 0.255 e. The molecule has 0 aliphatic carbocycles. The SMILES string of the molecule is COc1ccc(C2NC(=S)NC(C)=C2C(=O)Nc2cc(OC)c(Cl)cc2OC)c(OC)c1. The number of hydrogen-bond donors (Lipinski definition) is 3. The van der Waals surface area contributed by atoms with Gasteiger partial charge in [0.15, 0.2) is 5.11 Å². The normalized spacial score (nSPS) is 15.4. The zero-order chi connectivity index (χ0) is 23.4. The molecular formula is C22H24ClN3O5S. The zero-order valence-corrected chi connectivity index (χ0v) is 19.9. The summed E-state index contributed by atoms with van der Waals surface area (Å²) in [5.41, 5.74) is 2.17. The molecule has 0 aromatic heterocycles. The van der Waals surface area contributed by atoms with Crippen molar-refractivity contribution in [3.8, 4) is 23.0 Å². The van der Waals surface area contributed by atoms with Gasteiger partial charge >= 0.3 is 0 Å². The Kier molecular flexibility index (Phi) is 7.32. The molecular weight excluding hydrogens is 454 g/mol. The predicted octanol–water partition coefficient (Wildman–Crippen LogP) is 3.81. The van der Waals surface area contributed by atoms with Crippen molar-refractivity contribution in [1.82, 2.24) is 10.6 Å². The van der Waals surface area contributed by atoms with Crippen molar-refractivity contribution in [3.05, 3.63) is 52.2 Å². The van der Waals surface area contributed by atoms with Crippen LogP contribution in [0.1, 0.15) is 18.5 Å². The highest BCUT2D eigenvalue weighted by Gasteiger charge is 2.32. The lowest BCUT2D eigenvalue weighted by atomic mass is 9.94. The molecule has 32 heavy (non-hydrogen) atoms. The van der Waals surface area contributed by atoms with E-state index in [0.29, 0.717) is 50.1 Å². The van der Waals surface area contributed by atoms with Crippen LogP contribution in [0.25, 0.3) is 0 Å². The second-order valence-electron chi connectivity index (χ2n) is 6.82. The van der Waals surface area contributed by atoms with Crippen LogP contribution in [0.15, 0.2) is 41.6 Å². The monoisotopic (exact) mass is 477 g/mol. The van der Waals surface area contributed by atoms with Gasteiger partial charge in [-0.3, -0.25) is 4.79 Å². The Bertz CT molecular complexity index is 1090. The van der Waals surface area contributed by atoms with Crippen molar-refractivity contribution in [3.63, 3.8) is 0 Å². The summed E-state index contributed by atoms with van der Waals surface area (Å²) in [4.78, 5) is 13.5. The molecule has 3 rings (SSSR count). The van der Waals surface area contributed by atoms with E-state index in [1.54, 1.807) is 45.4 Å². The molecule has 1 aliphatic heterocycles. The number of carbonyl (C=O) groups is 1. The van der Waals surface area contributed by atoms with Gasteiger partial charge in [-0.15, -0.1) is 0 Å². The van der Waals surface area contributed by atoms with Crippen molar-refractivity contribution in [2.45, 2.75) is 13.0 Å². The molecule has 0 saturated heterocycles. The predicted molar refractivity (Wildman–Crippen MR) is 127 cm³/mol. The Morgan fingerprint density at radius 1 is 1.00 bits per heavy atom. The lowest BCUT2D eigenvalue weighted by molar-refractivity contribution is -0.113. The minimum absolute atomic E-state index is 0.365. The summed E-state index contributed by atoms with van der Waals surface area (Å²) in [7, 11) is 6.11. The number of anilines is 1. The van der Waals surface area contributed by atoms with E-state index in [1.165, 1.54) is 14.2 Å². The second kappa shape index (κ2) is 9.97. The van der Waals surface area contributed by atoms with E-state index in [4.69, 9.17) is 42.8 Å². The summed E-state index contributed by atoms with van der Waals surface area (Å²) in [5, 5.41) is 9.82. The van der Waals surface area contributed by atoms with Gasteiger partial charge in [0.2, 0.25) is 0 Å². The van der Waals surface area contributed by atoms with Gasteiger partial charge in [0.25, 0.3) is 5.91 Å². The molecule has 0 bridgehead atoms. The molecule has 0 saturated carbocycles. The number of nitrogens with one attached hydrogen (secondary N) is 3. The first-order valence-corrected chi connectivity index (χ1v) is 10.3. The number of amides is 1. The van der Waals surface area contributed by atoms with E-state index >= 15 is 0 Å². The number of carbonyl (C=O) groups excluding carboxylic acids is 1. The molecule has 0 fully saturated rings. The smallest absolute Gasteiger partial charge is 0.255 e. The lowest BCUT2D eigenvalue weighted by Gasteiger charge is -2.31. The van der Waals surface area contributed by atoms with E-state index < -0.39 is 6.04 Å². The number of rotatable bonds is 7. The minimum atomic E-state index is -0.565. The quantitative estimate of drug-likeness (QED) is 0.519. The van der Waals surface area contributed by atoms with Gasteiger partial charge in [-0.1, -0.05) is 11.6 Å². The molecule has 0 radical (unpaired) electrons. The highest BCUT2D eigenvalue weighted by molar-refractivity contribution is 7.80. The van der Waals surface area contributed by atoms with Crippen molar-refractivity contribution in [2.75, 3.05) is 33.8 Å². The third-order valence-corrected chi connectivity index (χ3v) is 5.50. The van der Waals surface area contributed by atoms with Gasteiger partial charge in [0.1, 0.15) is 23.0 Å². The highest BCUT2D eigenvalue weighted by Crippen LogP contribution is 2.38. The molecule has 2 aromatic rings. The van der Waals surface area contributed by atoms with E-state index in [0.717, 1.165) is 5.56 Å². The standard InChI is InChI=1S/C22H24ClN3O5S/c1-11-19(21(27)25-15-10-17(30-4)14(23)9-18(15)31-5)20(26-22(32)24-11)13-7-6-12(28-2)8-16(13)29-3/h6-10,20H,1-5H3,(H,25,27)(H2,24,26,32). The molecule has 10 heteroatoms. The third kappa shape index (κ3) is 4.68. The summed E-state index contributed by atoms with van der Waals surface area (Å²) in [6.07, 6.45) is 0. The third-order valence-electron chi connectivity index (χ3n) is 4.99. The summed E-state index contributed by atoms with van der Waals surface area (Å²) in [5.74, 6) is 1.62. The van der Waals surface area contributed by atoms with Crippen LogP contribution in [0.5, 0.6) is 23.0 Å². The van der Waals surface area contributed by atoms with E-state index in [-0.39, 0.29) is 5.91 Å². The average molecular weight is 478 g/mol. The molecule has 8 nitrogen and oxygen atoms in total. The van der Waals surface area contributed by atoms with Crippen molar-refractivity contribution in [2.24, 2.45) is 0 Å². The largest absolute Gasteiger partial charge is 0.497 e. The maximum atomic E-state index is 13.5. The Morgan fingerprint density at radius 3 is 2.31 bits per heavy atom. The van der Waals surface area contributed by atoms with Crippen molar-refractivity contribution >= 4 is 40.5 Å². The first kappa shape index (κ1) is 23.5. The molecule has 170 valence electrons. The fourth-order valence-corrected chi connectivity index (χ4v) is 3.93. The highest BCUT2D eigenvalue weighted by atomic mass is 35.5. The van der Waals surface area contributed by atoms with Crippen LogP contribution in [0.3, 0.4) is 0 Å². The minimum Gasteiger partial charge on any atom is -0.497 e. The number of benzene rings is 2. The first-order chi connectivity index (χ1) is 15.3. The molecule has 1 unspecified atom stereocenters. The number of hydrogen-bond acceptors (Lipinski definition) is 6. The number of thiocarbonyl (C=S) groups is 1. The summed E-state index contributed by atoms with van der Waals surface area (Å²) < 4.78 is 21.5. The van der Waals surface area contributed by atoms with Crippen LogP contribution in [0, 0.1) is 0 Å². The van der Waals surface area contributed by atoms with Crippen LogP contribution < -0.4 is 34.9 Å². The summed E-state index contributed by atoms with van der Waals surface area (Å²) in [6, 6.07) is 7.99. The van der Waals surface area contributed by atoms with Gasteiger partial charge in [-0.05, 0) is 31.3 Å². The van der Waals surface area contributed by atoms with Crippen molar-refractivity contribution < 1.29 is 23.7 Å². The van der Waals surface area contributed by atoms with E-state index in [2.05, 4.69) is 16.0 Å². The van der Waals surface area contributed by atoms with Crippen LogP contribution in [-0.2, 0) is 4.79 Å². The van der Waals surface area contributed by atoms with E-state index in [1.807, 2.05) is 6.07 Å². The fraction of sp³-hybridized carbons (Fsp3) is 0.273. The summed E-state index contributed by atoms with van der Waals surface area (Å²) in [6.45, 7) is 1.78. The topological polar surface area (TPSA) is 90.1 Å². The van der Waals surface area contributed by atoms with E-state index in [9.17, 15) is 4.79 Å². The average Bonchev–Trinajstić information content (AvgIpc) is 2.78. The second-order valence-corrected chi connectivity index (χ2v) is 7.63. The Labute approximate surface area is 196 Å². The van der Waals surface area contributed by atoms with Crippen LogP contribution in [-0.4, -0.2) is 39.5 Å². The molecule has 3 N–H and O–H groups in total. The van der Waals surface area contributed by atoms with Crippen molar-refractivity contribution in [1.29, 1.82) is 0 Å². The zero-order valence-electron chi connectivity index (χ0n) is 18.3. The Balaban J connectivity index is 2.04. The van der Waals surface area contributed by atoms with Crippen LogP contribution >= 0.6 is 23.8 Å². The molecule has 2 aromatic carbocycles. The van der Waals surface area contributed by atoms with Gasteiger partial charge in [-0.2, -0.15) is 0 Å². The molecule has 1 atom stereocenters. The first-order valence-electron chi connectivity index (χ1n) is 9.56. The number of halogens is 1. The van der Waals surface area contributed by atoms with Gasteiger partial charge < -0.3 is 34.9 Å². The molecule has 1 heterocycles. The Morgan fingerprint density at radius 2 is 1.69 bits per heavy atom. The van der Waals surface area contributed by atoms with Gasteiger partial charge in [0.05, 0.1) is 50.8 Å². The number of allylic oxidation sites excluding steroid dienone is 1. The van der Waals surface area contributed by atoms with Gasteiger partial charge in [-0.25, -0.2) is 0 Å². The Hall–Kier alpha value is -3.17. The van der Waals surface area contributed by atoms with Crippen LogP contribution in [0.4, 0.5) is 5.69 Å².